The van der Waals surface area contributed by atoms with Crippen molar-refractivity contribution in [3.63, 3.8) is 0 Å². The first-order valence-electron chi connectivity index (χ1n) is 14.5. The predicted molar refractivity (Wildman–Crippen MR) is 142 cm³/mol. The van der Waals surface area contributed by atoms with E-state index in [9.17, 15) is 19.8 Å². The van der Waals surface area contributed by atoms with Gasteiger partial charge in [-0.25, -0.2) is 0 Å². The summed E-state index contributed by atoms with van der Waals surface area (Å²) >= 11 is 0. The van der Waals surface area contributed by atoms with Crippen molar-refractivity contribution in [2.45, 2.75) is 84.7 Å². The second-order valence-corrected chi connectivity index (χ2v) is 14.6. The molecule has 0 aromatic heterocycles. The van der Waals surface area contributed by atoms with Crippen molar-refractivity contribution in [2.24, 2.45) is 51.8 Å². The lowest BCUT2D eigenvalue weighted by Crippen LogP contribution is -2.63. The van der Waals surface area contributed by atoms with E-state index >= 15 is 0 Å². The third-order valence-electron chi connectivity index (χ3n) is 11.9. The quantitative estimate of drug-likeness (QED) is 0.355. The maximum Gasteiger partial charge on any atom is 0.236 e. The fraction of sp³-hybridized carbons (Fsp3) is 0.688. The number of ketones is 1. The Balaban J connectivity index is 1.49. The molecule has 38 heavy (non-hydrogen) atoms. The number of carbonyl (C=O) groups is 2. The van der Waals surface area contributed by atoms with Crippen LogP contribution < -0.4 is 10.1 Å². The molecule has 4 fully saturated rings. The summed E-state index contributed by atoms with van der Waals surface area (Å²) in [7, 11) is 0. The van der Waals surface area contributed by atoms with Gasteiger partial charge < -0.3 is 20.3 Å². The molecule has 6 nitrogen and oxygen atoms in total. The molecule has 4 aliphatic carbocycles. The van der Waals surface area contributed by atoms with Crippen molar-refractivity contribution >= 4 is 11.7 Å². The molecular weight excluding hydrogens is 478 g/mol. The van der Waals surface area contributed by atoms with Crippen LogP contribution in [0.4, 0.5) is 0 Å². The zero-order valence-electron chi connectivity index (χ0n) is 23.2. The highest BCUT2D eigenvalue weighted by Crippen LogP contribution is 2.70. The molecule has 12 atom stereocenters. The van der Waals surface area contributed by atoms with Gasteiger partial charge in [0.15, 0.2) is 5.78 Å². The minimum atomic E-state index is -1.53. The van der Waals surface area contributed by atoms with Gasteiger partial charge in [-0.15, -0.1) is 0 Å². The summed E-state index contributed by atoms with van der Waals surface area (Å²) in [5.74, 6) is 0.870. The summed E-state index contributed by atoms with van der Waals surface area (Å²) < 4.78 is 6.97. The fourth-order valence-electron chi connectivity index (χ4n) is 11.1. The van der Waals surface area contributed by atoms with E-state index in [2.05, 4.69) is 39.1 Å². The molecule has 1 spiro atoms. The van der Waals surface area contributed by atoms with Gasteiger partial charge in [-0.1, -0.05) is 51.5 Å². The number of hydrogen-bond acceptors (Lipinski definition) is 5. The van der Waals surface area contributed by atoms with Crippen LogP contribution in [0.5, 0.6) is 5.75 Å². The number of Topliss-reactive ketones (excluding diaryl/α,β-unsaturated/α-hetero) is 1. The van der Waals surface area contributed by atoms with E-state index in [1.54, 1.807) is 0 Å². The standard InChI is InChI=1S/C32H41NO5/c1-16-10-17(2)24-26-22-23(30(24,5)11-16)18(3)12-29(4)21(34)14-31(27(35)25(22)29)15-32(37,33-28(31)36)13-19-6-8-20(38-26)9-7-19/h6-9,12,16-17,21-26,34,37H,10-11,13-15H2,1-5H3,(H,33,36)/t16-,17+,21-,22+,23-,24+,25+,26+,29-,30+,31+,32-/m1/s1. The SMILES string of the molecule is CC1=C[C@]2(C)[C@H](O)C[C@]34C[C@](O)(Cc5ccc(cc5)O[C@H]5[C@H]([C@H]2C3=O)[C@@H]1[C@]1(C)C[C@H](C)C[C@H](C)[C@@H]51)NC4=O. The highest BCUT2D eigenvalue weighted by atomic mass is 16.5. The smallest absolute Gasteiger partial charge is 0.236 e. The average Bonchev–Trinajstić information content (AvgIpc) is 3.21. The van der Waals surface area contributed by atoms with Crippen molar-refractivity contribution in [1.29, 1.82) is 0 Å². The number of ether oxygens (including phenoxy) is 1. The van der Waals surface area contributed by atoms with Crippen LogP contribution in [0.15, 0.2) is 35.9 Å². The van der Waals surface area contributed by atoms with Gasteiger partial charge in [-0.2, -0.15) is 0 Å². The number of fused-ring (bicyclic) bond motifs is 4. The fourth-order valence-corrected chi connectivity index (χ4v) is 11.1. The molecule has 8 rings (SSSR count). The van der Waals surface area contributed by atoms with Gasteiger partial charge in [0.2, 0.25) is 5.91 Å². The van der Waals surface area contributed by atoms with Crippen molar-refractivity contribution < 1.29 is 24.5 Å². The zero-order valence-corrected chi connectivity index (χ0v) is 23.2. The van der Waals surface area contributed by atoms with Crippen LogP contribution in [0.2, 0.25) is 0 Å². The van der Waals surface area contributed by atoms with Crippen LogP contribution in [0, 0.1) is 51.8 Å². The van der Waals surface area contributed by atoms with E-state index in [1.165, 1.54) is 5.57 Å². The van der Waals surface area contributed by atoms with Crippen LogP contribution in [-0.2, 0) is 16.0 Å². The minimum Gasteiger partial charge on any atom is -0.490 e. The third-order valence-corrected chi connectivity index (χ3v) is 11.9. The van der Waals surface area contributed by atoms with Crippen LogP contribution in [-0.4, -0.2) is 39.8 Å². The van der Waals surface area contributed by atoms with Gasteiger partial charge in [0.25, 0.3) is 0 Å². The summed E-state index contributed by atoms with van der Waals surface area (Å²) in [5, 5.41) is 26.2. The van der Waals surface area contributed by atoms with E-state index in [1.807, 2.05) is 31.2 Å². The molecule has 6 heteroatoms. The molecule has 3 saturated carbocycles. The molecule has 1 amide bonds. The Kier molecular flexibility index (Phi) is 4.91. The molecule has 1 aromatic rings. The number of amides is 1. The van der Waals surface area contributed by atoms with Gasteiger partial charge in [0.05, 0.1) is 6.10 Å². The Labute approximate surface area is 225 Å². The maximum atomic E-state index is 14.9. The summed E-state index contributed by atoms with van der Waals surface area (Å²) in [4.78, 5) is 28.6. The van der Waals surface area contributed by atoms with Crippen molar-refractivity contribution in [3.8, 4) is 5.75 Å². The number of aliphatic hydroxyl groups is 2. The number of rotatable bonds is 0. The molecule has 0 radical (unpaired) electrons. The Bertz CT molecular complexity index is 1260. The summed E-state index contributed by atoms with van der Waals surface area (Å²) in [6.07, 6.45) is 3.51. The third kappa shape index (κ3) is 2.97. The molecular formula is C32H41NO5. The molecule has 0 unspecified atom stereocenters. The number of allylic oxidation sites excluding steroid dienone is 1. The largest absolute Gasteiger partial charge is 0.490 e. The van der Waals surface area contributed by atoms with Crippen molar-refractivity contribution in [1.82, 2.24) is 5.32 Å². The Morgan fingerprint density at radius 3 is 2.47 bits per heavy atom. The molecule has 3 N–H and O–H groups in total. The molecule has 3 heterocycles. The number of aliphatic hydroxyl groups excluding tert-OH is 1. The number of carbonyl (C=O) groups excluding carboxylic acids is 2. The van der Waals surface area contributed by atoms with Crippen molar-refractivity contribution in [3.05, 3.63) is 41.5 Å². The highest BCUT2D eigenvalue weighted by Gasteiger charge is 2.74. The molecule has 5 bridgehead atoms. The molecule has 3 aliphatic heterocycles. The first-order chi connectivity index (χ1) is 17.8. The van der Waals surface area contributed by atoms with Gasteiger partial charge in [-0.05, 0) is 67.1 Å². The topological polar surface area (TPSA) is 95.9 Å². The highest BCUT2D eigenvalue weighted by molar-refractivity contribution is 6.10. The van der Waals surface area contributed by atoms with Gasteiger partial charge >= 0.3 is 0 Å². The monoisotopic (exact) mass is 519 g/mol. The Hall–Kier alpha value is -2.18. The first kappa shape index (κ1) is 24.8. The number of hydrogen-bond donors (Lipinski definition) is 3. The van der Waals surface area contributed by atoms with E-state index in [4.69, 9.17) is 4.74 Å². The number of benzene rings is 1. The number of nitrogens with one attached hydrogen (secondary N) is 1. The van der Waals surface area contributed by atoms with Gasteiger partial charge in [0, 0.05) is 36.0 Å². The second kappa shape index (κ2) is 7.51. The van der Waals surface area contributed by atoms with Crippen LogP contribution in [0.3, 0.4) is 0 Å². The van der Waals surface area contributed by atoms with E-state index in [0.717, 1.165) is 24.2 Å². The normalized spacial score (nSPS) is 52.7. The van der Waals surface area contributed by atoms with E-state index < -0.39 is 34.5 Å². The van der Waals surface area contributed by atoms with Gasteiger partial charge in [0.1, 0.15) is 23.0 Å². The summed E-state index contributed by atoms with van der Waals surface area (Å²) in [6, 6.07) is 7.85. The molecule has 1 saturated heterocycles. The average molecular weight is 520 g/mol. The van der Waals surface area contributed by atoms with E-state index in [0.29, 0.717) is 11.8 Å². The van der Waals surface area contributed by atoms with E-state index in [-0.39, 0.29) is 54.3 Å². The lowest BCUT2D eigenvalue weighted by Gasteiger charge is -2.56. The Morgan fingerprint density at radius 1 is 1.05 bits per heavy atom. The second-order valence-electron chi connectivity index (χ2n) is 14.6. The zero-order chi connectivity index (χ0) is 27.0. The molecule has 1 aromatic carbocycles. The molecule has 204 valence electrons. The Morgan fingerprint density at radius 2 is 1.76 bits per heavy atom. The summed E-state index contributed by atoms with van der Waals surface area (Å²) in [5.41, 5.74) is -1.71. The van der Waals surface area contributed by atoms with Crippen LogP contribution in [0.25, 0.3) is 0 Å². The summed E-state index contributed by atoms with van der Waals surface area (Å²) in [6.45, 7) is 11.3. The lowest BCUT2D eigenvalue weighted by molar-refractivity contribution is -0.167. The maximum absolute atomic E-state index is 14.9. The van der Waals surface area contributed by atoms with Crippen LogP contribution in [0.1, 0.15) is 65.9 Å². The molecule has 7 aliphatic rings. The lowest BCUT2D eigenvalue weighted by atomic mass is 9.47. The minimum absolute atomic E-state index is 0.0111. The predicted octanol–water partition coefficient (Wildman–Crippen LogP) is 4.04. The van der Waals surface area contributed by atoms with Crippen LogP contribution >= 0.6 is 0 Å². The van der Waals surface area contributed by atoms with Crippen molar-refractivity contribution in [2.75, 3.05) is 0 Å². The first-order valence-corrected chi connectivity index (χ1v) is 14.5. The van der Waals surface area contributed by atoms with Gasteiger partial charge in [-0.3, -0.25) is 9.59 Å².